The van der Waals surface area contributed by atoms with Crippen LogP contribution < -0.4 is 10.5 Å². The van der Waals surface area contributed by atoms with Crippen molar-refractivity contribution in [3.05, 3.63) is 29.3 Å². The smallest absolute Gasteiger partial charge is 0.341 e. The van der Waals surface area contributed by atoms with Gasteiger partial charge in [-0.25, -0.2) is 4.79 Å². The number of rotatable bonds is 6. The first-order valence-electron chi connectivity index (χ1n) is 5.89. The molecule has 0 saturated carbocycles. The van der Waals surface area contributed by atoms with Crippen LogP contribution in [-0.2, 0) is 10.5 Å². The molecule has 0 heterocycles. The maximum Gasteiger partial charge on any atom is 0.341 e. The normalized spacial score (nSPS) is 9.50. The molecule has 20 heavy (non-hydrogen) atoms. The number of hydrogen-bond acceptors (Lipinski definition) is 5. The van der Waals surface area contributed by atoms with Crippen molar-refractivity contribution < 1.29 is 14.3 Å². The van der Waals surface area contributed by atoms with Crippen LogP contribution in [0.4, 0.5) is 0 Å². The van der Waals surface area contributed by atoms with Gasteiger partial charge in [-0.2, -0.15) is 0 Å². The Kier molecular flexibility index (Phi) is 8.83. The second-order valence-corrected chi connectivity index (χ2v) is 4.84. The Bertz CT molecular complexity index is 469. The summed E-state index contributed by atoms with van der Waals surface area (Å²) in [4.78, 5) is 11.7. The minimum Gasteiger partial charge on any atom is -0.493 e. The molecule has 1 rings (SSSR count). The summed E-state index contributed by atoms with van der Waals surface area (Å²) in [6.45, 7) is 2.54. The number of nitrogens with two attached hydrogens (primary N) is 1. The van der Waals surface area contributed by atoms with E-state index in [0.717, 1.165) is 12.0 Å². The van der Waals surface area contributed by atoms with Crippen LogP contribution >= 0.6 is 24.2 Å². The number of hydrogen-bond donors (Lipinski definition) is 2. The van der Waals surface area contributed by atoms with Crippen molar-refractivity contribution in [2.24, 2.45) is 5.73 Å². The summed E-state index contributed by atoms with van der Waals surface area (Å²) < 4.78 is 10.3. The Morgan fingerprint density at radius 2 is 2.15 bits per heavy atom. The fourth-order valence-corrected chi connectivity index (χ4v) is 1.94. The molecule has 112 valence electrons. The molecule has 0 aliphatic carbocycles. The highest BCUT2D eigenvalue weighted by atomic mass is 35.5. The van der Waals surface area contributed by atoms with Crippen molar-refractivity contribution in [2.45, 2.75) is 19.1 Å². The van der Waals surface area contributed by atoms with E-state index in [0.29, 0.717) is 23.7 Å². The van der Waals surface area contributed by atoms with Crippen LogP contribution in [0.1, 0.15) is 29.3 Å². The van der Waals surface area contributed by atoms with E-state index in [9.17, 15) is 4.79 Å². The molecule has 0 amide bonds. The van der Waals surface area contributed by atoms with Crippen LogP contribution in [-0.4, -0.2) is 24.9 Å². The van der Waals surface area contributed by atoms with Gasteiger partial charge in [0.1, 0.15) is 11.3 Å². The molecule has 3 N–H and O–H groups in total. The number of nitrogens with one attached hydrogen (secondary N) is 1. The first kappa shape index (κ1) is 18.6. The Morgan fingerprint density at radius 1 is 1.45 bits per heavy atom. The van der Waals surface area contributed by atoms with E-state index in [-0.39, 0.29) is 17.6 Å². The van der Waals surface area contributed by atoms with Crippen LogP contribution in [0.5, 0.6) is 5.75 Å². The predicted octanol–water partition coefficient (Wildman–Crippen LogP) is 2.81. The van der Waals surface area contributed by atoms with Gasteiger partial charge in [0.25, 0.3) is 0 Å². The molecule has 1 aromatic rings. The summed E-state index contributed by atoms with van der Waals surface area (Å²) >= 11 is 1.20. The second kappa shape index (κ2) is 9.50. The van der Waals surface area contributed by atoms with Crippen molar-refractivity contribution in [1.29, 1.82) is 5.41 Å². The first-order valence-corrected chi connectivity index (χ1v) is 6.88. The third kappa shape index (κ3) is 5.71. The van der Waals surface area contributed by atoms with Crippen LogP contribution in [0, 0.1) is 5.41 Å². The number of esters is 1. The lowest BCUT2D eigenvalue weighted by atomic mass is 10.1. The van der Waals surface area contributed by atoms with E-state index in [2.05, 4.69) is 0 Å². The molecule has 0 aliphatic heterocycles. The van der Waals surface area contributed by atoms with Gasteiger partial charge < -0.3 is 15.2 Å². The monoisotopic (exact) mass is 318 g/mol. The van der Waals surface area contributed by atoms with Gasteiger partial charge in [-0.05, 0) is 24.1 Å². The molecule has 0 fully saturated rings. The van der Waals surface area contributed by atoms with E-state index < -0.39 is 5.97 Å². The Morgan fingerprint density at radius 3 is 2.70 bits per heavy atom. The number of halogens is 1. The Labute approximate surface area is 129 Å². The Balaban J connectivity index is 0.00000361. The van der Waals surface area contributed by atoms with Crippen LogP contribution in [0.15, 0.2) is 18.2 Å². The average Bonchev–Trinajstić information content (AvgIpc) is 2.42. The molecule has 0 saturated heterocycles. The molecule has 0 radical (unpaired) electrons. The number of carbonyl (C=O) groups excluding carboxylic acids is 1. The highest BCUT2D eigenvalue weighted by Crippen LogP contribution is 2.23. The van der Waals surface area contributed by atoms with Crippen molar-refractivity contribution >= 4 is 35.3 Å². The summed E-state index contributed by atoms with van der Waals surface area (Å²) in [5.41, 5.74) is 6.58. The highest BCUT2D eigenvalue weighted by molar-refractivity contribution is 8.13. The van der Waals surface area contributed by atoms with Gasteiger partial charge in [0.05, 0.1) is 13.7 Å². The molecule has 0 atom stereocenters. The van der Waals surface area contributed by atoms with E-state index in [1.165, 1.54) is 18.9 Å². The van der Waals surface area contributed by atoms with Gasteiger partial charge in [0.15, 0.2) is 5.17 Å². The number of benzene rings is 1. The van der Waals surface area contributed by atoms with Crippen molar-refractivity contribution in [3.63, 3.8) is 0 Å². The molecule has 1 aromatic carbocycles. The van der Waals surface area contributed by atoms with Gasteiger partial charge >= 0.3 is 5.97 Å². The average molecular weight is 319 g/mol. The fraction of sp³-hybridized carbons (Fsp3) is 0.385. The molecular formula is C13H19ClN2O3S. The van der Waals surface area contributed by atoms with Gasteiger partial charge in [-0.15, -0.1) is 12.4 Å². The highest BCUT2D eigenvalue weighted by Gasteiger charge is 2.14. The minimum atomic E-state index is -0.430. The zero-order valence-electron chi connectivity index (χ0n) is 11.5. The SMILES string of the molecule is CCCOc1ccc(CSC(=N)N)cc1C(=O)OC.Cl. The van der Waals surface area contributed by atoms with Crippen LogP contribution in [0.2, 0.25) is 0 Å². The van der Waals surface area contributed by atoms with E-state index >= 15 is 0 Å². The third-order valence-corrected chi connectivity index (χ3v) is 3.09. The van der Waals surface area contributed by atoms with Crippen molar-refractivity contribution in [3.8, 4) is 5.75 Å². The third-order valence-electron chi connectivity index (χ3n) is 2.31. The second-order valence-electron chi connectivity index (χ2n) is 3.82. The number of ether oxygens (including phenoxy) is 2. The summed E-state index contributed by atoms with van der Waals surface area (Å²) in [6, 6.07) is 5.32. The molecule has 0 bridgehead atoms. The molecule has 5 nitrogen and oxygen atoms in total. The first-order chi connectivity index (χ1) is 9.08. The maximum absolute atomic E-state index is 11.7. The van der Waals surface area contributed by atoms with Crippen LogP contribution in [0.25, 0.3) is 0 Å². The lowest BCUT2D eigenvalue weighted by molar-refractivity contribution is 0.0596. The largest absolute Gasteiger partial charge is 0.493 e. The van der Waals surface area contributed by atoms with Gasteiger partial charge in [-0.1, -0.05) is 24.8 Å². The molecular weight excluding hydrogens is 300 g/mol. The molecule has 0 unspecified atom stereocenters. The Hall–Kier alpha value is -1.40. The maximum atomic E-state index is 11.7. The van der Waals surface area contributed by atoms with Crippen LogP contribution in [0.3, 0.4) is 0 Å². The summed E-state index contributed by atoms with van der Waals surface area (Å²) in [5.74, 6) is 0.624. The topological polar surface area (TPSA) is 85.4 Å². The molecule has 0 aliphatic rings. The van der Waals surface area contributed by atoms with Gasteiger partial charge in [0, 0.05) is 5.75 Å². The molecule has 0 aromatic heterocycles. The standard InChI is InChI=1S/C13H18N2O3S.ClH/c1-3-6-18-11-5-4-9(8-19-13(14)15)7-10(11)12(16)17-2;/h4-5,7H,3,6,8H2,1-2H3,(H3,14,15);1H. The minimum absolute atomic E-state index is 0. The van der Waals surface area contributed by atoms with Gasteiger partial charge in [-0.3, -0.25) is 5.41 Å². The lowest BCUT2D eigenvalue weighted by Crippen LogP contribution is -2.08. The predicted molar refractivity (Wildman–Crippen MR) is 84.0 cm³/mol. The van der Waals surface area contributed by atoms with E-state index in [1.807, 2.05) is 13.0 Å². The summed E-state index contributed by atoms with van der Waals surface area (Å²) in [5, 5.41) is 7.22. The van der Waals surface area contributed by atoms with E-state index in [4.69, 9.17) is 20.6 Å². The number of amidine groups is 1. The molecule has 7 heteroatoms. The van der Waals surface area contributed by atoms with Crippen molar-refractivity contribution in [1.82, 2.24) is 0 Å². The number of carbonyl (C=O) groups is 1. The fourth-order valence-electron chi connectivity index (χ4n) is 1.44. The number of methoxy groups -OCH3 is 1. The number of thioether (sulfide) groups is 1. The molecule has 0 spiro atoms. The quantitative estimate of drug-likeness (QED) is 0.478. The summed E-state index contributed by atoms with van der Waals surface area (Å²) in [6.07, 6.45) is 0.864. The van der Waals surface area contributed by atoms with E-state index in [1.54, 1.807) is 12.1 Å². The van der Waals surface area contributed by atoms with Crippen molar-refractivity contribution in [2.75, 3.05) is 13.7 Å². The zero-order valence-corrected chi connectivity index (χ0v) is 13.1. The van der Waals surface area contributed by atoms with Gasteiger partial charge in [0.2, 0.25) is 0 Å². The summed E-state index contributed by atoms with van der Waals surface area (Å²) in [7, 11) is 1.34. The lowest BCUT2D eigenvalue weighted by Gasteiger charge is -2.11. The zero-order chi connectivity index (χ0) is 14.3.